The minimum Gasteiger partial charge on any atom is -0.465 e. The number of hydrogen-bond acceptors (Lipinski definition) is 3. The number of nitrogens with one attached hydrogen (secondary N) is 2. The van der Waals surface area contributed by atoms with Crippen molar-refractivity contribution in [1.82, 2.24) is 10.2 Å². The average Bonchev–Trinajstić information content (AvgIpc) is 2.68. The van der Waals surface area contributed by atoms with Crippen molar-refractivity contribution >= 4 is 35.0 Å². The van der Waals surface area contributed by atoms with Gasteiger partial charge in [-0.25, -0.2) is 4.79 Å². The van der Waals surface area contributed by atoms with E-state index in [1.165, 1.54) is 4.90 Å². The van der Waals surface area contributed by atoms with Gasteiger partial charge in [0.1, 0.15) is 0 Å². The SMILES string of the molecule is O=C(O)N1CC[C@@H](NCCNc2ccccc2)[C@H](c2ccc(Cl)c(Cl)c2)C1. The highest BCUT2D eigenvalue weighted by molar-refractivity contribution is 6.42. The number of para-hydroxylation sites is 1. The van der Waals surface area contributed by atoms with Crippen LogP contribution in [0.5, 0.6) is 0 Å². The quantitative estimate of drug-likeness (QED) is 0.615. The molecule has 0 radical (unpaired) electrons. The maximum absolute atomic E-state index is 11.4. The smallest absolute Gasteiger partial charge is 0.407 e. The van der Waals surface area contributed by atoms with E-state index >= 15 is 0 Å². The van der Waals surface area contributed by atoms with Crippen LogP contribution in [0.15, 0.2) is 48.5 Å². The van der Waals surface area contributed by atoms with Crippen LogP contribution in [0.2, 0.25) is 10.0 Å². The Bertz CT molecular complexity index is 773. The molecule has 2 aromatic carbocycles. The Morgan fingerprint density at radius 2 is 1.89 bits per heavy atom. The second kappa shape index (κ2) is 9.31. The van der Waals surface area contributed by atoms with Crippen LogP contribution in [0.25, 0.3) is 0 Å². The van der Waals surface area contributed by atoms with Gasteiger partial charge in [0.05, 0.1) is 10.0 Å². The monoisotopic (exact) mass is 407 g/mol. The van der Waals surface area contributed by atoms with Gasteiger partial charge in [0.2, 0.25) is 0 Å². The Morgan fingerprint density at radius 1 is 1.11 bits per heavy atom. The van der Waals surface area contributed by atoms with Crippen LogP contribution in [0.1, 0.15) is 17.9 Å². The Morgan fingerprint density at radius 3 is 2.59 bits per heavy atom. The number of anilines is 1. The molecule has 2 aromatic rings. The molecule has 3 N–H and O–H groups in total. The second-order valence-corrected chi connectivity index (χ2v) is 7.47. The van der Waals surface area contributed by atoms with Gasteiger partial charge < -0.3 is 20.6 Å². The molecule has 1 heterocycles. The molecule has 3 rings (SSSR count). The number of carbonyl (C=O) groups is 1. The molecule has 0 aliphatic carbocycles. The van der Waals surface area contributed by atoms with Crippen LogP contribution < -0.4 is 10.6 Å². The molecule has 0 spiro atoms. The molecule has 1 aliphatic heterocycles. The van der Waals surface area contributed by atoms with E-state index in [4.69, 9.17) is 23.2 Å². The van der Waals surface area contributed by atoms with Crippen LogP contribution in [0.3, 0.4) is 0 Å². The summed E-state index contributed by atoms with van der Waals surface area (Å²) in [5.41, 5.74) is 2.09. The molecule has 0 aromatic heterocycles. The summed E-state index contributed by atoms with van der Waals surface area (Å²) in [5.74, 6) is 0.0290. The third kappa shape index (κ3) is 5.28. The first-order valence-corrected chi connectivity index (χ1v) is 9.75. The van der Waals surface area contributed by atoms with E-state index in [0.717, 1.165) is 30.8 Å². The number of hydrogen-bond donors (Lipinski definition) is 3. The molecule has 7 heteroatoms. The van der Waals surface area contributed by atoms with E-state index in [1.807, 2.05) is 42.5 Å². The Hall–Kier alpha value is -1.95. The lowest BCUT2D eigenvalue weighted by molar-refractivity contribution is 0.121. The predicted octanol–water partition coefficient (Wildman–Crippen LogP) is 4.53. The first-order valence-electron chi connectivity index (χ1n) is 8.99. The van der Waals surface area contributed by atoms with Gasteiger partial charge in [0.15, 0.2) is 0 Å². The van der Waals surface area contributed by atoms with Crippen molar-refractivity contribution in [3.8, 4) is 0 Å². The van der Waals surface area contributed by atoms with Gasteiger partial charge in [-0.05, 0) is 36.2 Å². The molecule has 2 atom stereocenters. The van der Waals surface area contributed by atoms with Gasteiger partial charge in [0.25, 0.3) is 0 Å². The summed E-state index contributed by atoms with van der Waals surface area (Å²) in [4.78, 5) is 12.9. The summed E-state index contributed by atoms with van der Waals surface area (Å²) < 4.78 is 0. The number of halogens is 2. The van der Waals surface area contributed by atoms with Gasteiger partial charge in [-0.15, -0.1) is 0 Å². The van der Waals surface area contributed by atoms with Crippen LogP contribution in [-0.2, 0) is 0 Å². The van der Waals surface area contributed by atoms with Crippen LogP contribution >= 0.6 is 23.2 Å². The minimum atomic E-state index is -0.885. The zero-order chi connectivity index (χ0) is 19.2. The molecule has 1 saturated heterocycles. The highest BCUT2D eigenvalue weighted by Crippen LogP contribution is 2.32. The maximum Gasteiger partial charge on any atom is 0.407 e. The fraction of sp³-hybridized carbons (Fsp3) is 0.350. The maximum atomic E-state index is 11.4. The van der Waals surface area contributed by atoms with E-state index in [-0.39, 0.29) is 12.0 Å². The topological polar surface area (TPSA) is 64.6 Å². The van der Waals surface area contributed by atoms with Gasteiger partial charge in [0, 0.05) is 43.8 Å². The van der Waals surface area contributed by atoms with E-state index < -0.39 is 6.09 Å². The third-order valence-corrected chi connectivity index (χ3v) is 5.63. The van der Waals surface area contributed by atoms with E-state index in [9.17, 15) is 9.90 Å². The molecular formula is C20H23Cl2N3O2. The van der Waals surface area contributed by atoms with Crippen molar-refractivity contribution in [3.63, 3.8) is 0 Å². The summed E-state index contributed by atoms with van der Waals surface area (Å²) in [6.45, 7) is 2.54. The van der Waals surface area contributed by atoms with Gasteiger partial charge in [-0.2, -0.15) is 0 Å². The third-order valence-electron chi connectivity index (χ3n) is 4.89. The molecule has 144 valence electrons. The van der Waals surface area contributed by atoms with Crippen molar-refractivity contribution < 1.29 is 9.90 Å². The molecule has 0 saturated carbocycles. The molecule has 5 nitrogen and oxygen atoms in total. The van der Waals surface area contributed by atoms with Crippen LogP contribution in [0, 0.1) is 0 Å². The summed E-state index contributed by atoms with van der Waals surface area (Å²) in [7, 11) is 0. The summed E-state index contributed by atoms with van der Waals surface area (Å²) in [6, 6.07) is 15.8. The van der Waals surface area contributed by atoms with Crippen molar-refractivity contribution in [2.75, 3.05) is 31.5 Å². The van der Waals surface area contributed by atoms with Crippen LogP contribution in [0.4, 0.5) is 10.5 Å². The fourth-order valence-electron chi connectivity index (χ4n) is 3.47. The lowest BCUT2D eigenvalue weighted by atomic mass is 9.86. The largest absolute Gasteiger partial charge is 0.465 e. The number of carboxylic acid groups (broad SMARTS) is 1. The Labute approximate surface area is 169 Å². The van der Waals surface area contributed by atoms with Crippen molar-refractivity contribution in [1.29, 1.82) is 0 Å². The van der Waals surface area contributed by atoms with E-state index in [2.05, 4.69) is 10.6 Å². The summed E-state index contributed by atoms with van der Waals surface area (Å²) in [6.07, 6.45) is -0.132. The molecule has 0 unspecified atom stereocenters. The number of rotatable bonds is 6. The van der Waals surface area contributed by atoms with Crippen molar-refractivity contribution in [2.24, 2.45) is 0 Å². The molecule has 1 amide bonds. The van der Waals surface area contributed by atoms with Gasteiger partial charge >= 0.3 is 6.09 Å². The lowest BCUT2D eigenvalue weighted by Gasteiger charge is -2.38. The van der Waals surface area contributed by atoms with Gasteiger partial charge in [-0.3, -0.25) is 0 Å². The standard InChI is InChI=1S/C20H23Cl2N3O2/c21-17-7-6-14(12-18(17)22)16-13-25(20(26)27)11-8-19(16)24-10-9-23-15-4-2-1-3-5-15/h1-7,12,16,19,23-24H,8-11,13H2,(H,26,27)/t16-,19+/m0/s1. The zero-order valence-corrected chi connectivity index (χ0v) is 16.4. The minimum absolute atomic E-state index is 0.0290. The molecular weight excluding hydrogens is 385 g/mol. The number of benzene rings is 2. The first kappa shape index (κ1) is 19.8. The van der Waals surface area contributed by atoms with Gasteiger partial charge in [-0.1, -0.05) is 47.5 Å². The Kier molecular flexibility index (Phi) is 6.83. The summed E-state index contributed by atoms with van der Waals surface area (Å²) in [5, 5.41) is 17.3. The highest BCUT2D eigenvalue weighted by atomic mass is 35.5. The molecule has 0 bridgehead atoms. The van der Waals surface area contributed by atoms with Crippen molar-refractivity contribution in [2.45, 2.75) is 18.4 Å². The molecule has 1 aliphatic rings. The highest BCUT2D eigenvalue weighted by Gasteiger charge is 2.32. The molecule has 1 fully saturated rings. The Balaban J connectivity index is 1.64. The number of piperidine rings is 1. The summed E-state index contributed by atoms with van der Waals surface area (Å²) >= 11 is 12.2. The van der Waals surface area contributed by atoms with E-state index in [1.54, 1.807) is 6.07 Å². The number of nitrogens with zero attached hydrogens (tertiary/aromatic N) is 1. The average molecular weight is 408 g/mol. The molecule has 27 heavy (non-hydrogen) atoms. The van der Waals surface area contributed by atoms with Crippen molar-refractivity contribution in [3.05, 3.63) is 64.1 Å². The normalized spacial score (nSPS) is 19.7. The number of amides is 1. The fourth-order valence-corrected chi connectivity index (χ4v) is 3.78. The van der Waals surface area contributed by atoms with E-state index in [0.29, 0.717) is 23.1 Å². The predicted molar refractivity (Wildman–Crippen MR) is 110 cm³/mol. The lowest BCUT2D eigenvalue weighted by Crippen LogP contribution is -2.50. The zero-order valence-electron chi connectivity index (χ0n) is 14.9. The first-order chi connectivity index (χ1) is 13.0. The second-order valence-electron chi connectivity index (χ2n) is 6.65. The number of likely N-dealkylation sites (tertiary alicyclic amines) is 1. The van der Waals surface area contributed by atoms with Crippen LogP contribution in [-0.4, -0.2) is 48.3 Å².